The molecule has 5 heteroatoms. The summed E-state index contributed by atoms with van der Waals surface area (Å²) in [5.74, 6) is 0.746. The molecular formula is C17H17NO4. The molecule has 0 aliphatic carbocycles. The van der Waals surface area contributed by atoms with E-state index in [-0.39, 0.29) is 12.4 Å². The number of ether oxygens (including phenoxy) is 2. The highest BCUT2D eigenvalue weighted by molar-refractivity contribution is 5.94. The monoisotopic (exact) mass is 299 g/mol. The molecule has 0 fully saturated rings. The average molecular weight is 299 g/mol. The van der Waals surface area contributed by atoms with Crippen LogP contribution in [0, 0.1) is 0 Å². The van der Waals surface area contributed by atoms with Crippen molar-refractivity contribution >= 4 is 11.7 Å². The van der Waals surface area contributed by atoms with Crippen LogP contribution in [0.25, 0.3) is 0 Å². The van der Waals surface area contributed by atoms with E-state index in [0.717, 1.165) is 5.56 Å². The smallest absolute Gasteiger partial charge is 0.248 e. The van der Waals surface area contributed by atoms with Gasteiger partial charge in [-0.3, -0.25) is 9.59 Å². The van der Waals surface area contributed by atoms with Crippen molar-refractivity contribution in [2.75, 3.05) is 7.11 Å². The summed E-state index contributed by atoms with van der Waals surface area (Å²) in [6, 6.07) is 11.7. The second-order valence-corrected chi connectivity index (χ2v) is 4.76. The summed E-state index contributed by atoms with van der Waals surface area (Å²) < 4.78 is 10.9. The third-order valence-corrected chi connectivity index (χ3v) is 3.22. The van der Waals surface area contributed by atoms with Gasteiger partial charge in [0, 0.05) is 16.7 Å². The van der Waals surface area contributed by atoms with Gasteiger partial charge in [-0.05, 0) is 49.4 Å². The maximum absolute atomic E-state index is 11.4. The van der Waals surface area contributed by atoms with Crippen LogP contribution in [-0.2, 0) is 6.61 Å². The molecule has 2 aromatic rings. The molecule has 0 aliphatic rings. The average Bonchev–Trinajstić information content (AvgIpc) is 2.52. The van der Waals surface area contributed by atoms with Crippen LogP contribution in [0.4, 0.5) is 0 Å². The zero-order chi connectivity index (χ0) is 16.1. The number of rotatable bonds is 6. The van der Waals surface area contributed by atoms with Crippen LogP contribution in [0.2, 0.25) is 0 Å². The molecule has 0 spiro atoms. The molecular weight excluding hydrogens is 282 g/mol. The SMILES string of the molecule is COc1ccc(C(C)=O)cc1COc1ccc(C(N)=O)cc1. The first kappa shape index (κ1) is 15.6. The molecule has 0 unspecified atom stereocenters. The van der Waals surface area contributed by atoms with Gasteiger partial charge in [0.2, 0.25) is 5.91 Å². The molecule has 1 amide bonds. The van der Waals surface area contributed by atoms with Gasteiger partial charge in [0.25, 0.3) is 0 Å². The van der Waals surface area contributed by atoms with Crippen LogP contribution in [0.1, 0.15) is 33.2 Å². The van der Waals surface area contributed by atoms with E-state index in [2.05, 4.69) is 0 Å². The molecule has 2 N–H and O–H groups in total. The molecule has 0 heterocycles. The molecule has 0 saturated heterocycles. The summed E-state index contributed by atoms with van der Waals surface area (Å²) in [5, 5.41) is 0. The lowest BCUT2D eigenvalue weighted by molar-refractivity contribution is 0.0996. The van der Waals surface area contributed by atoms with E-state index < -0.39 is 5.91 Å². The Balaban J connectivity index is 2.14. The number of carbonyl (C=O) groups excluding carboxylic acids is 2. The van der Waals surface area contributed by atoms with Crippen LogP contribution in [-0.4, -0.2) is 18.8 Å². The number of primary amides is 1. The summed E-state index contributed by atoms with van der Waals surface area (Å²) in [6.07, 6.45) is 0. The fourth-order valence-electron chi connectivity index (χ4n) is 1.99. The minimum Gasteiger partial charge on any atom is -0.496 e. The molecule has 0 bridgehead atoms. The first-order valence-electron chi connectivity index (χ1n) is 6.72. The zero-order valence-electron chi connectivity index (χ0n) is 12.5. The first-order chi connectivity index (χ1) is 10.5. The summed E-state index contributed by atoms with van der Waals surface area (Å²) in [4.78, 5) is 22.5. The Morgan fingerprint density at radius 3 is 2.23 bits per heavy atom. The van der Waals surface area contributed by atoms with Crippen molar-refractivity contribution in [3.63, 3.8) is 0 Å². The molecule has 22 heavy (non-hydrogen) atoms. The molecule has 0 saturated carbocycles. The Hall–Kier alpha value is -2.82. The number of ketones is 1. The van der Waals surface area contributed by atoms with Crippen LogP contribution < -0.4 is 15.2 Å². The van der Waals surface area contributed by atoms with Gasteiger partial charge >= 0.3 is 0 Å². The molecule has 0 atom stereocenters. The Labute approximate surface area is 128 Å². The van der Waals surface area contributed by atoms with Crippen molar-refractivity contribution in [3.8, 4) is 11.5 Å². The standard InChI is InChI=1S/C17H17NO4/c1-11(19)13-5-8-16(21-2)14(9-13)10-22-15-6-3-12(4-7-15)17(18)20/h3-9H,10H2,1-2H3,(H2,18,20). The highest BCUT2D eigenvalue weighted by Gasteiger charge is 2.08. The van der Waals surface area contributed by atoms with E-state index in [1.54, 1.807) is 49.6 Å². The van der Waals surface area contributed by atoms with E-state index in [9.17, 15) is 9.59 Å². The van der Waals surface area contributed by atoms with Gasteiger partial charge in [-0.25, -0.2) is 0 Å². The summed E-state index contributed by atoms with van der Waals surface area (Å²) in [7, 11) is 1.56. The van der Waals surface area contributed by atoms with Gasteiger partial charge in [0.05, 0.1) is 7.11 Å². The second-order valence-electron chi connectivity index (χ2n) is 4.76. The molecule has 2 aromatic carbocycles. The molecule has 5 nitrogen and oxygen atoms in total. The number of carbonyl (C=O) groups is 2. The van der Waals surface area contributed by atoms with E-state index in [1.165, 1.54) is 6.92 Å². The van der Waals surface area contributed by atoms with Gasteiger partial charge in [0.1, 0.15) is 18.1 Å². The number of methoxy groups -OCH3 is 1. The maximum atomic E-state index is 11.4. The molecule has 2 rings (SSSR count). The van der Waals surface area contributed by atoms with Gasteiger partial charge in [-0.15, -0.1) is 0 Å². The predicted molar refractivity (Wildman–Crippen MR) is 82.3 cm³/mol. The predicted octanol–water partition coefficient (Wildman–Crippen LogP) is 2.58. The fourth-order valence-corrected chi connectivity index (χ4v) is 1.99. The number of hydrogen-bond donors (Lipinski definition) is 1. The van der Waals surface area contributed by atoms with Crippen molar-refractivity contribution in [3.05, 3.63) is 59.2 Å². The Bertz CT molecular complexity index is 692. The van der Waals surface area contributed by atoms with Crippen molar-refractivity contribution < 1.29 is 19.1 Å². The van der Waals surface area contributed by atoms with Gasteiger partial charge < -0.3 is 15.2 Å². The van der Waals surface area contributed by atoms with Crippen molar-refractivity contribution in [1.29, 1.82) is 0 Å². The number of benzene rings is 2. The van der Waals surface area contributed by atoms with Crippen LogP contribution in [0.5, 0.6) is 11.5 Å². The summed E-state index contributed by atoms with van der Waals surface area (Å²) in [6.45, 7) is 1.76. The highest BCUT2D eigenvalue weighted by Crippen LogP contribution is 2.22. The lowest BCUT2D eigenvalue weighted by Gasteiger charge is -2.11. The largest absolute Gasteiger partial charge is 0.496 e. The number of hydrogen-bond acceptors (Lipinski definition) is 4. The van der Waals surface area contributed by atoms with E-state index in [0.29, 0.717) is 22.6 Å². The third-order valence-electron chi connectivity index (χ3n) is 3.22. The molecule has 114 valence electrons. The minimum absolute atomic E-state index is 0.0188. The van der Waals surface area contributed by atoms with E-state index in [1.807, 2.05) is 0 Å². The van der Waals surface area contributed by atoms with Gasteiger partial charge in [-0.1, -0.05) is 0 Å². The van der Waals surface area contributed by atoms with Crippen LogP contribution >= 0.6 is 0 Å². The summed E-state index contributed by atoms with van der Waals surface area (Å²) >= 11 is 0. The highest BCUT2D eigenvalue weighted by atomic mass is 16.5. The third kappa shape index (κ3) is 3.63. The topological polar surface area (TPSA) is 78.6 Å². The first-order valence-corrected chi connectivity index (χ1v) is 6.72. The lowest BCUT2D eigenvalue weighted by atomic mass is 10.1. The minimum atomic E-state index is -0.484. The van der Waals surface area contributed by atoms with Crippen molar-refractivity contribution in [2.45, 2.75) is 13.5 Å². The normalized spacial score (nSPS) is 10.1. The van der Waals surface area contributed by atoms with E-state index in [4.69, 9.17) is 15.2 Å². The Morgan fingerprint density at radius 2 is 1.68 bits per heavy atom. The van der Waals surface area contributed by atoms with Crippen LogP contribution in [0.3, 0.4) is 0 Å². The summed E-state index contributed by atoms with van der Waals surface area (Å²) in [5.41, 5.74) is 6.98. The molecule has 0 aliphatic heterocycles. The Morgan fingerprint density at radius 1 is 1.05 bits per heavy atom. The number of nitrogens with two attached hydrogens (primary N) is 1. The van der Waals surface area contributed by atoms with Crippen molar-refractivity contribution in [2.24, 2.45) is 5.73 Å². The fraction of sp³-hybridized carbons (Fsp3) is 0.176. The quantitative estimate of drug-likeness (QED) is 0.831. The van der Waals surface area contributed by atoms with Crippen molar-refractivity contribution in [1.82, 2.24) is 0 Å². The van der Waals surface area contributed by atoms with Gasteiger partial charge in [-0.2, -0.15) is 0 Å². The van der Waals surface area contributed by atoms with E-state index >= 15 is 0 Å². The molecule has 0 aromatic heterocycles. The Kier molecular flexibility index (Phi) is 4.78. The number of Topliss-reactive ketones (excluding diaryl/α,β-unsaturated/α-hetero) is 1. The maximum Gasteiger partial charge on any atom is 0.248 e. The molecule has 0 radical (unpaired) electrons. The second kappa shape index (κ2) is 6.76. The zero-order valence-corrected chi connectivity index (χ0v) is 12.5. The van der Waals surface area contributed by atoms with Crippen LogP contribution in [0.15, 0.2) is 42.5 Å². The number of amides is 1. The van der Waals surface area contributed by atoms with Gasteiger partial charge in [0.15, 0.2) is 5.78 Å². The lowest BCUT2D eigenvalue weighted by Crippen LogP contribution is -2.10.